The number of benzene rings is 1. The van der Waals surface area contributed by atoms with Gasteiger partial charge in [0.15, 0.2) is 5.82 Å². The summed E-state index contributed by atoms with van der Waals surface area (Å²) in [5.74, 6) is 1.34. The van der Waals surface area contributed by atoms with E-state index in [1.54, 1.807) is 24.3 Å². The molecule has 1 fully saturated rings. The van der Waals surface area contributed by atoms with Crippen LogP contribution in [0.15, 0.2) is 29.1 Å². The zero-order valence-corrected chi connectivity index (χ0v) is 14.6. The molecule has 0 radical (unpaired) electrons. The second kappa shape index (κ2) is 8.20. The van der Waals surface area contributed by atoms with Crippen LogP contribution < -0.4 is 10.4 Å². The van der Waals surface area contributed by atoms with Crippen LogP contribution in [-0.4, -0.2) is 39.1 Å². The van der Waals surface area contributed by atoms with E-state index >= 15 is 0 Å². The van der Waals surface area contributed by atoms with Crippen molar-refractivity contribution in [3.05, 3.63) is 45.6 Å². The Labute approximate surface area is 150 Å². The van der Waals surface area contributed by atoms with Crippen molar-refractivity contribution in [3.63, 3.8) is 0 Å². The van der Waals surface area contributed by atoms with Crippen LogP contribution in [0, 0.1) is 0 Å². The molecule has 0 spiro atoms. The van der Waals surface area contributed by atoms with E-state index in [0.717, 1.165) is 25.0 Å². The topological polar surface area (TPSA) is 91.1 Å². The minimum absolute atomic E-state index is 0.0632. The number of rotatable bonds is 6. The number of H-pyrrole nitrogens is 2. The highest BCUT2D eigenvalue weighted by Gasteiger charge is 2.29. The number of aromatic nitrogens is 3. The molecule has 1 aliphatic heterocycles. The summed E-state index contributed by atoms with van der Waals surface area (Å²) in [5, 5.41) is 7.03. The number of amides is 1. The predicted molar refractivity (Wildman–Crippen MR) is 93.7 cm³/mol. The van der Waals surface area contributed by atoms with Crippen LogP contribution in [0.2, 0.25) is 5.02 Å². The largest absolute Gasteiger partial charge is 0.494 e. The third-order valence-corrected chi connectivity index (χ3v) is 4.53. The van der Waals surface area contributed by atoms with Gasteiger partial charge in [-0.3, -0.25) is 9.78 Å². The van der Waals surface area contributed by atoms with Gasteiger partial charge in [-0.25, -0.2) is 9.89 Å². The Morgan fingerprint density at radius 1 is 1.32 bits per heavy atom. The van der Waals surface area contributed by atoms with E-state index in [4.69, 9.17) is 16.3 Å². The lowest BCUT2D eigenvalue weighted by atomic mass is 10.0. The normalized spacial score (nSPS) is 17.5. The molecule has 0 saturated carbocycles. The number of likely N-dealkylation sites (tertiary alicyclic amines) is 1. The van der Waals surface area contributed by atoms with E-state index in [2.05, 4.69) is 15.2 Å². The van der Waals surface area contributed by atoms with Crippen molar-refractivity contribution in [2.75, 3.05) is 13.2 Å². The Bertz CT molecular complexity index is 756. The van der Waals surface area contributed by atoms with Gasteiger partial charge in [-0.05, 0) is 49.9 Å². The average Bonchev–Trinajstić information content (AvgIpc) is 3.06. The SMILES string of the molecule is O=C(CCCOc1ccc(Cl)cc1)N1CCCCC1c1n[nH]c(=O)[nH]1. The monoisotopic (exact) mass is 364 g/mol. The van der Waals surface area contributed by atoms with E-state index < -0.39 is 0 Å². The molecule has 3 rings (SSSR count). The predicted octanol–water partition coefficient (Wildman–Crippen LogP) is 2.66. The van der Waals surface area contributed by atoms with Crippen molar-refractivity contribution >= 4 is 17.5 Å². The first-order chi connectivity index (χ1) is 12.1. The molecule has 7 nitrogen and oxygen atoms in total. The molecule has 25 heavy (non-hydrogen) atoms. The number of ether oxygens (including phenoxy) is 1. The maximum absolute atomic E-state index is 12.6. The summed E-state index contributed by atoms with van der Waals surface area (Å²) in [6.07, 6.45) is 3.83. The van der Waals surface area contributed by atoms with Crippen molar-refractivity contribution in [1.82, 2.24) is 20.1 Å². The summed E-state index contributed by atoms with van der Waals surface area (Å²) in [6.45, 7) is 1.15. The number of piperidine rings is 1. The smallest absolute Gasteiger partial charge is 0.340 e. The molecular formula is C17H21ClN4O3. The summed E-state index contributed by atoms with van der Waals surface area (Å²) >= 11 is 5.83. The second-order valence-electron chi connectivity index (χ2n) is 6.07. The molecule has 0 bridgehead atoms. The lowest BCUT2D eigenvalue weighted by molar-refractivity contribution is -0.135. The number of hydrogen-bond donors (Lipinski definition) is 2. The minimum atomic E-state index is -0.343. The molecule has 0 aliphatic carbocycles. The fraction of sp³-hybridized carbons (Fsp3) is 0.471. The molecule has 1 amide bonds. The first kappa shape index (κ1) is 17.5. The van der Waals surface area contributed by atoms with Gasteiger partial charge in [0, 0.05) is 18.0 Å². The Morgan fingerprint density at radius 3 is 2.84 bits per heavy atom. The first-order valence-electron chi connectivity index (χ1n) is 8.46. The average molecular weight is 365 g/mol. The zero-order valence-electron chi connectivity index (χ0n) is 13.8. The highest BCUT2D eigenvalue weighted by Crippen LogP contribution is 2.28. The Kier molecular flexibility index (Phi) is 5.75. The van der Waals surface area contributed by atoms with Gasteiger partial charge in [0.25, 0.3) is 0 Å². The number of nitrogens with zero attached hydrogens (tertiary/aromatic N) is 2. The summed E-state index contributed by atoms with van der Waals surface area (Å²) in [4.78, 5) is 28.3. The molecule has 1 saturated heterocycles. The maximum atomic E-state index is 12.6. The van der Waals surface area contributed by atoms with Gasteiger partial charge in [0.1, 0.15) is 5.75 Å². The number of carbonyl (C=O) groups is 1. The molecular weight excluding hydrogens is 344 g/mol. The second-order valence-corrected chi connectivity index (χ2v) is 6.50. The molecule has 8 heteroatoms. The molecule has 1 aromatic heterocycles. The lowest BCUT2D eigenvalue weighted by Gasteiger charge is -2.34. The summed E-state index contributed by atoms with van der Waals surface area (Å²) in [7, 11) is 0. The minimum Gasteiger partial charge on any atom is -0.494 e. The van der Waals surface area contributed by atoms with Gasteiger partial charge in [0.05, 0.1) is 12.6 Å². The van der Waals surface area contributed by atoms with Crippen LogP contribution >= 0.6 is 11.6 Å². The van der Waals surface area contributed by atoms with Crippen molar-refractivity contribution in [2.45, 2.75) is 38.1 Å². The van der Waals surface area contributed by atoms with Crippen molar-refractivity contribution < 1.29 is 9.53 Å². The Hall–Kier alpha value is -2.28. The molecule has 2 heterocycles. The molecule has 1 unspecified atom stereocenters. The fourth-order valence-electron chi connectivity index (χ4n) is 3.04. The number of hydrogen-bond acceptors (Lipinski definition) is 4. The molecule has 1 atom stereocenters. The first-order valence-corrected chi connectivity index (χ1v) is 8.84. The summed E-state index contributed by atoms with van der Waals surface area (Å²) in [5.41, 5.74) is -0.343. The number of halogens is 1. The van der Waals surface area contributed by atoms with E-state index in [9.17, 15) is 9.59 Å². The number of carbonyl (C=O) groups excluding carboxylic acids is 1. The van der Waals surface area contributed by atoms with Crippen molar-refractivity contribution in [3.8, 4) is 5.75 Å². The third kappa shape index (κ3) is 4.63. The van der Waals surface area contributed by atoms with Gasteiger partial charge in [-0.2, -0.15) is 5.10 Å². The van der Waals surface area contributed by atoms with Gasteiger partial charge in [0.2, 0.25) is 5.91 Å². The van der Waals surface area contributed by atoms with E-state index in [-0.39, 0.29) is 17.6 Å². The third-order valence-electron chi connectivity index (χ3n) is 4.28. The van der Waals surface area contributed by atoms with Gasteiger partial charge in [-0.1, -0.05) is 11.6 Å². The molecule has 1 aliphatic rings. The molecule has 2 aromatic rings. The fourth-order valence-corrected chi connectivity index (χ4v) is 3.17. The highest BCUT2D eigenvalue weighted by molar-refractivity contribution is 6.30. The van der Waals surface area contributed by atoms with Gasteiger partial charge in [-0.15, -0.1) is 0 Å². The number of nitrogens with one attached hydrogen (secondary N) is 2. The van der Waals surface area contributed by atoms with Gasteiger partial charge < -0.3 is 9.64 Å². The molecule has 1 aromatic carbocycles. The van der Waals surface area contributed by atoms with Crippen molar-refractivity contribution in [2.24, 2.45) is 0 Å². The maximum Gasteiger partial charge on any atom is 0.340 e. The van der Waals surface area contributed by atoms with E-state index in [1.807, 2.05) is 4.90 Å². The Balaban J connectivity index is 1.50. The standard InChI is InChI=1S/C17H21ClN4O3/c18-12-6-8-13(9-7-12)25-11-3-5-15(23)22-10-2-1-4-14(22)16-19-17(24)21-20-16/h6-9,14H,1-5,10-11H2,(H2,19,20,21,24). The van der Waals surface area contributed by atoms with Crippen LogP contribution in [0.4, 0.5) is 0 Å². The van der Waals surface area contributed by atoms with Crippen LogP contribution in [0.1, 0.15) is 44.0 Å². The summed E-state index contributed by atoms with van der Waals surface area (Å²) in [6, 6.07) is 6.99. The summed E-state index contributed by atoms with van der Waals surface area (Å²) < 4.78 is 5.62. The van der Waals surface area contributed by atoms with Crippen LogP contribution in [0.3, 0.4) is 0 Å². The number of aromatic amines is 2. The quantitative estimate of drug-likeness (QED) is 0.771. The van der Waals surface area contributed by atoms with Crippen molar-refractivity contribution in [1.29, 1.82) is 0 Å². The van der Waals surface area contributed by atoms with E-state index in [1.165, 1.54) is 0 Å². The van der Waals surface area contributed by atoms with Crippen LogP contribution in [-0.2, 0) is 4.79 Å². The van der Waals surface area contributed by atoms with E-state index in [0.29, 0.717) is 36.8 Å². The van der Waals surface area contributed by atoms with Crippen LogP contribution in [0.5, 0.6) is 5.75 Å². The zero-order chi connectivity index (χ0) is 17.6. The Morgan fingerprint density at radius 2 is 2.12 bits per heavy atom. The molecule has 134 valence electrons. The van der Waals surface area contributed by atoms with Crippen LogP contribution in [0.25, 0.3) is 0 Å². The molecule has 2 N–H and O–H groups in total. The highest BCUT2D eigenvalue weighted by atomic mass is 35.5. The van der Waals surface area contributed by atoms with Gasteiger partial charge >= 0.3 is 5.69 Å². The lowest BCUT2D eigenvalue weighted by Crippen LogP contribution is -2.39.